The number of nitrogens with zero attached hydrogens (tertiary/aromatic N) is 3. The predicted octanol–water partition coefficient (Wildman–Crippen LogP) is 1.56. The number of aromatic nitrogens is 1. The van der Waals surface area contributed by atoms with Gasteiger partial charge in [-0.15, -0.1) is 0 Å². The monoisotopic (exact) mass is 303 g/mol. The van der Waals surface area contributed by atoms with E-state index >= 15 is 0 Å². The number of hydrazine groups is 1. The molecule has 8 heteroatoms. The molecule has 0 spiro atoms. The molecule has 0 saturated heterocycles. The largest absolute Gasteiger partial charge is 0.468 e. The Morgan fingerprint density at radius 3 is 2.76 bits per heavy atom. The number of aliphatic hydroxyl groups excluding tert-OH is 1. The fourth-order valence-corrected chi connectivity index (χ4v) is 1.92. The van der Waals surface area contributed by atoms with Crippen molar-refractivity contribution in [3.8, 4) is 5.88 Å². The summed E-state index contributed by atoms with van der Waals surface area (Å²) in [5.41, 5.74) is 0.848. The average Bonchev–Trinajstić information content (AvgIpc) is 2.85. The van der Waals surface area contributed by atoms with E-state index in [1.807, 2.05) is 22.3 Å². The van der Waals surface area contributed by atoms with Crippen LogP contribution in [0.4, 0.5) is 13.2 Å². The van der Waals surface area contributed by atoms with Gasteiger partial charge in [0.1, 0.15) is 0 Å². The summed E-state index contributed by atoms with van der Waals surface area (Å²) in [5.74, 6) is -0.0529. The van der Waals surface area contributed by atoms with Crippen molar-refractivity contribution in [3.63, 3.8) is 0 Å². The highest BCUT2D eigenvalue weighted by atomic mass is 19.4. The third-order valence-electron chi connectivity index (χ3n) is 2.83. The first-order chi connectivity index (χ1) is 9.98. The Kier molecular flexibility index (Phi) is 5.03. The number of β-amino-alcohol motifs (C(OH)–C–C–N with tert-alkyl or cyclic N) is 1. The molecule has 0 amide bonds. The molecule has 0 aliphatic carbocycles. The molecule has 0 unspecified atom stereocenters. The molecule has 1 N–H and O–H groups in total. The molecule has 21 heavy (non-hydrogen) atoms. The molecule has 1 aliphatic heterocycles. The molecule has 2 heterocycles. The number of halogens is 3. The molecule has 0 radical (unpaired) electrons. The second kappa shape index (κ2) is 6.77. The zero-order valence-electron chi connectivity index (χ0n) is 11.3. The minimum absolute atomic E-state index is 0.0450. The van der Waals surface area contributed by atoms with Crippen molar-refractivity contribution in [3.05, 3.63) is 36.2 Å². The van der Waals surface area contributed by atoms with Crippen LogP contribution in [0.2, 0.25) is 0 Å². The van der Waals surface area contributed by atoms with Gasteiger partial charge in [-0.1, -0.05) is 12.1 Å². The Morgan fingerprint density at radius 2 is 2.14 bits per heavy atom. The Bertz CT molecular complexity index is 477. The lowest BCUT2D eigenvalue weighted by Crippen LogP contribution is -2.36. The SMILES string of the molecule is OCCN1C=CCN1Cc1ccc(OCC(F)(F)F)nc1. The van der Waals surface area contributed by atoms with Gasteiger partial charge in [0.2, 0.25) is 5.88 Å². The fraction of sp³-hybridized carbons (Fsp3) is 0.462. The molecule has 0 bridgehead atoms. The molecular formula is C13H16F3N3O2. The van der Waals surface area contributed by atoms with Gasteiger partial charge in [0, 0.05) is 31.6 Å². The van der Waals surface area contributed by atoms with Crippen LogP contribution in [0.25, 0.3) is 0 Å². The molecule has 0 atom stereocenters. The van der Waals surface area contributed by atoms with Gasteiger partial charge in [0.25, 0.3) is 0 Å². The second-order valence-corrected chi connectivity index (χ2v) is 4.53. The zero-order chi connectivity index (χ0) is 15.3. The predicted molar refractivity (Wildman–Crippen MR) is 69.1 cm³/mol. The van der Waals surface area contributed by atoms with Crippen LogP contribution in [-0.4, -0.2) is 52.6 Å². The lowest BCUT2D eigenvalue weighted by Gasteiger charge is -2.28. The molecule has 0 saturated carbocycles. The summed E-state index contributed by atoms with van der Waals surface area (Å²) in [6, 6.07) is 3.09. The molecule has 1 aromatic rings. The molecule has 0 aromatic carbocycles. The van der Waals surface area contributed by atoms with Gasteiger partial charge in [0.15, 0.2) is 6.61 Å². The van der Waals surface area contributed by atoms with Crippen LogP contribution in [0.15, 0.2) is 30.6 Å². The van der Waals surface area contributed by atoms with Gasteiger partial charge in [-0.25, -0.2) is 9.99 Å². The average molecular weight is 303 g/mol. The van der Waals surface area contributed by atoms with Gasteiger partial charge in [0.05, 0.1) is 13.2 Å². The minimum atomic E-state index is -4.37. The van der Waals surface area contributed by atoms with Crippen molar-refractivity contribution in [1.29, 1.82) is 0 Å². The van der Waals surface area contributed by atoms with Crippen LogP contribution in [0.5, 0.6) is 5.88 Å². The van der Waals surface area contributed by atoms with Crippen LogP contribution in [0.3, 0.4) is 0 Å². The fourth-order valence-electron chi connectivity index (χ4n) is 1.92. The van der Waals surface area contributed by atoms with Gasteiger partial charge in [-0.2, -0.15) is 13.2 Å². The van der Waals surface area contributed by atoms with E-state index in [0.717, 1.165) is 5.56 Å². The van der Waals surface area contributed by atoms with E-state index in [9.17, 15) is 13.2 Å². The number of rotatable bonds is 6. The van der Waals surface area contributed by atoms with E-state index in [2.05, 4.69) is 9.72 Å². The molecule has 1 aromatic heterocycles. The number of hydrogen-bond donors (Lipinski definition) is 1. The summed E-state index contributed by atoms with van der Waals surface area (Å²) >= 11 is 0. The number of alkyl halides is 3. The van der Waals surface area contributed by atoms with Gasteiger partial charge in [-0.3, -0.25) is 0 Å². The molecule has 5 nitrogen and oxygen atoms in total. The maximum Gasteiger partial charge on any atom is 0.422 e. The Morgan fingerprint density at radius 1 is 1.33 bits per heavy atom. The lowest BCUT2D eigenvalue weighted by molar-refractivity contribution is -0.154. The molecule has 116 valence electrons. The Balaban J connectivity index is 1.87. The van der Waals surface area contributed by atoms with Crippen molar-refractivity contribution in [1.82, 2.24) is 15.0 Å². The van der Waals surface area contributed by atoms with E-state index in [1.165, 1.54) is 12.3 Å². The Labute approximate surface area is 120 Å². The summed E-state index contributed by atoms with van der Waals surface area (Å²) < 4.78 is 40.6. The summed E-state index contributed by atoms with van der Waals surface area (Å²) in [4.78, 5) is 3.86. The number of ether oxygens (including phenoxy) is 1. The van der Waals surface area contributed by atoms with Crippen LogP contribution in [0.1, 0.15) is 5.56 Å². The van der Waals surface area contributed by atoms with Gasteiger partial charge < -0.3 is 14.9 Å². The van der Waals surface area contributed by atoms with E-state index in [0.29, 0.717) is 19.6 Å². The zero-order valence-corrected chi connectivity index (χ0v) is 11.3. The van der Waals surface area contributed by atoms with Crippen LogP contribution in [-0.2, 0) is 6.54 Å². The normalized spacial score (nSPS) is 15.7. The summed E-state index contributed by atoms with van der Waals surface area (Å²) in [5, 5.41) is 12.8. The van der Waals surface area contributed by atoms with E-state index < -0.39 is 12.8 Å². The van der Waals surface area contributed by atoms with Crippen molar-refractivity contribution in [2.45, 2.75) is 12.7 Å². The highest BCUT2D eigenvalue weighted by Gasteiger charge is 2.28. The molecule has 2 rings (SSSR count). The van der Waals surface area contributed by atoms with E-state index in [1.54, 1.807) is 6.07 Å². The van der Waals surface area contributed by atoms with Crippen LogP contribution < -0.4 is 4.74 Å². The van der Waals surface area contributed by atoms with E-state index in [4.69, 9.17) is 5.11 Å². The van der Waals surface area contributed by atoms with E-state index in [-0.39, 0.29) is 12.5 Å². The number of hydrogen-bond acceptors (Lipinski definition) is 5. The first-order valence-corrected chi connectivity index (χ1v) is 6.41. The van der Waals surface area contributed by atoms with Gasteiger partial charge >= 0.3 is 6.18 Å². The Hall–Kier alpha value is -1.80. The second-order valence-electron chi connectivity index (χ2n) is 4.53. The van der Waals surface area contributed by atoms with Crippen molar-refractivity contribution >= 4 is 0 Å². The summed E-state index contributed by atoms with van der Waals surface area (Å²) in [6.45, 7) is 0.464. The molecular weight excluding hydrogens is 287 g/mol. The van der Waals surface area contributed by atoms with Crippen molar-refractivity contribution in [2.75, 3.05) is 26.3 Å². The summed E-state index contributed by atoms with van der Waals surface area (Å²) in [6.07, 6.45) is 0.960. The third kappa shape index (κ3) is 4.91. The van der Waals surface area contributed by atoms with Crippen molar-refractivity contribution in [2.24, 2.45) is 0 Å². The number of pyridine rings is 1. The first-order valence-electron chi connectivity index (χ1n) is 6.41. The van der Waals surface area contributed by atoms with Crippen molar-refractivity contribution < 1.29 is 23.0 Å². The highest BCUT2D eigenvalue weighted by molar-refractivity contribution is 5.18. The lowest BCUT2D eigenvalue weighted by atomic mass is 10.3. The maximum atomic E-state index is 12.0. The van der Waals surface area contributed by atoms with Gasteiger partial charge in [-0.05, 0) is 5.56 Å². The smallest absolute Gasteiger partial charge is 0.422 e. The topological polar surface area (TPSA) is 48.8 Å². The minimum Gasteiger partial charge on any atom is -0.468 e. The third-order valence-corrected chi connectivity index (χ3v) is 2.83. The first kappa shape index (κ1) is 15.6. The van der Waals surface area contributed by atoms with Crippen LogP contribution >= 0.6 is 0 Å². The standard InChI is InChI=1S/C13H16F3N3O2/c14-13(15,16)10-21-12-3-2-11(8-17-12)9-19-5-1-4-18(19)6-7-20/h1-4,8,20H,5-7,9-10H2. The molecule has 0 fully saturated rings. The maximum absolute atomic E-state index is 12.0. The van der Waals surface area contributed by atoms with Crippen LogP contribution in [0, 0.1) is 0 Å². The quantitative estimate of drug-likeness (QED) is 0.864. The number of aliphatic hydroxyl groups is 1. The molecule has 1 aliphatic rings. The summed E-state index contributed by atoms with van der Waals surface area (Å²) in [7, 11) is 0. The highest BCUT2D eigenvalue weighted by Crippen LogP contribution is 2.18.